The van der Waals surface area contributed by atoms with Crippen molar-refractivity contribution in [1.82, 2.24) is 0 Å². The van der Waals surface area contributed by atoms with E-state index in [-0.39, 0.29) is 5.78 Å². The molecule has 1 aliphatic rings. The predicted molar refractivity (Wildman–Crippen MR) is 36.0 cm³/mol. The summed E-state index contributed by atoms with van der Waals surface area (Å²) in [7, 11) is 0. The second kappa shape index (κ2) is 1.95. The maximum atomic E-state index is 10.9. The summed E-state index contributed by atoms with van der Waals surface area (Å²) in [6.07, 6.45) is 3.76. The van der Waals surface area contributed by atoms with Crippen LogP contribution in [0.1, 0.15) is 19.3 Å². The fourth-order valence-corrected chi connectivity index (χ4v) is 0.748. The van der Waals surface area contributed by atoms with E-state index < -0.39 is 5.54 Å². The Morgan fingerprint density at radius 1 is 1.78 bits per heavy atom. The summed E-state index contributed by atoms with van der Waals surface area (Å²) >= 11 is 0. The highest BCUT2D eigenvalue weighted by atomic mass is 16.1. The van der Waals surface area contributed by atoms with Crippen LogP contribution >= 0.6 is 0 Å². The first-order chi connectivity index (χ1) is 4.19. The van der Waals surface area contributed by atoms with Crippen molar-refractivity contribution in [3.63, 3.8) is 0 Å². The van der Waals surface area contributed by atoms with Crippen molar-refractivity contribution in [3.05, 3.63) is 12.7 Å². The maximum Gasteiger partial charge on any atom is 0.156 e. The minimum absolute atomic E-state index is 0.137. The lowest BCUT2D eigenvalue weighted by Gasteiger charge is -2.02. The Kier molecular flexibility index (Phi) is 1.41. The zero-order valence-electron chi connectivity index (χ0n) is 5.39. The normalized spacial score (nSPS) is 21.0. The van der Waals surface area contributed by atoms with E-state index in [1.807, 2.05) is 0 Å². The van der Waals surface area contributed by atoms with Gasteiger partial charge in [-0.3, -0.25) is 4.79 Å². The molecule has 0 aromatic carbocycles. The van der Waals surface area contributed by atoms with Crippen molar-refractivity contribution >= 4 is 5.78 Å². The van der Waals surface area contributed by atoms with Crippen LogP contribution in [0.4, 0.5) is 0 Å². The van der Waals surface area contributed by atoms with Crippen LogP contribution in [0.2, 0.25) is 0 Å². The van der Waals surface area contributed by atoms with E-state index in [1.54, 1.807) is 6.08 Å². The van der Waals surface area contributed by atoms with Gasteiger partial charge in [-0.15, -0.1) is 6.58 Å². The lowest BCUT2D eigenvalue weighted by molar-refractivity contribution is -0.120. The largest absolute Gasteiger partial charge is 0.319 e. The standard InChI is InChI=1S/C7H11NO/c1-2-3-6(9)7(8)4-5-7/h2H,1,3-5,8H2. The molecule has 1 aliphatic carbocycles. The molecule has 0 heterocycles. The number of carbonyl (C=O) groups is 1. The van der Waals surface area contributed by atoms with Gasteiger partial charge in [0.1, 0.15) is 0 Å². The molecular weight excluding hydrogens is 114 g/mol. The summed E-state index contributed by atoms with van der Waals surface area (Å²) in [4.78, 5) is 10.9. The van der Waals surface area contributed by atoms with E-state index in [9.17, 15) is 4.79 Å². The molecule has 0 aromatic heterocycles. The molecular formula is C7H11NO. The van der Waals surface area contributed by atoms with Gasteiger partial charge in [0.2, 0.25) is 0 Å². The molecule has 2 heteroatoms. The van der Waals surface area contributed by atoms with E-state index in [1.165, 1.54) is 0 Å². The SMILES string of the molecule is C=CCC(=O)C1(N)CC1. The first kappa shape index (κ1) is 6.49. The maximum absolute atomic E-state index is 10.9. The number of carbonyl (C=O) groups excluding carboxylic acids is 1. The molecule has 1 saturated carbocycles. The van der Waals surface area contributed by atoms with Gasteiger partial charge in [-0.2, -0.15) is 0 Å². The average Bonchev–Trinajstić information content (AvgIpc) is 2.50. The Morgan fingerprint density at radius 2 is 2.33 bits per heavy atom. The molecule has 0 spiro atoms. The van der Waals surface area contributed by atoms with Gasteiger partial charge in [0, 0.05) is 6.42 Å². The van der Waals surface area contributed by atoms with Crippen LogP contribution in [-0.4, -0.2) is 11.3 Å². The fourth-order valence-electron chi connectivity index (χ4n) is 0.748. The molecule has 0 aliphatic heterocycles. The summed E-state index contributed by atoms with van der Waals surface area (Å²) in [6.45, 7) is 3.47. The zero-order chi connectivity index (χ0) is 6.91. The predicted octanol–water partition coefficient (Wildman–Crippen LogP) is 0.623. The third kappa shape index (κ3) is 1.19. The van der Waals surface area contributed by atoms with Crippen molar-refractivity contribution in [1.29, 1.82) is 0 Å². The van der Waals surface area contributed by atoms with Crippen molar-refractivity contribution in [3.8, 4) is 0 Å². The van der Waals surface area contributed by atoms with Crippen molar-refractivity contribution < 1.29 is 4.79 Å². The summed E-state index contributed by atoms with van der Waals surface area (Å²) in [5, 5.41) is 0. The molecule has 1 rings (SSSR count). The van der Waals surface area contributed by atoms with Crippen molar-refractivity contribution in [2.45, 2.75) is 24.8 Å². The van der Waals surface area contributed by atoms with E-state index in [4.69, 9.17) is 5.73 Å². The van der Waals surface area contributed by atoms with Crippen LogP contribution in [-0.2, 0) is 4.79 Å². The number of hydrogen-bond donors (Lipinski definition) is 1. The van der Waals surface area contributed by atoms with Crippen LogP contribution < -0.4 is 5.73 Å². The zero-order valence-corrected chi connectivity index (χ0v) is 5.39. The highest BCUT2D eigenvalue weighted by molar-refractivity contribution is 5.91. The van der Waals surface area contributed by atoms with E-state index in [0.29, 0.717) is 6.42 Å². The van der Waals surface area contributed by atoms with Crippen LogP contribution in [0.15, 0.2) is 12.7 Å². The van der Waals surface area contributed by atoms with E-state index >= 15 is 0 Å². The average molecular weight is 125 g/mol. The van der Waals surface area contributed by atoms with Gasteiger partial charge in [0.15, 0.2) is 5.78 Å². The summed E-state index contributed by atoms with van der Waals surface area (Å²) in [5.41, 5.74) is 5.13. The Hall–Kier alpha value is -0.630. The summed E-state index contributed by atoms with van der Waals surface area (Å²) < 4.78 is 0. The summed E-state index contributed by atoms with van der Waals surface area (Å²) in [6, 6.07) is 0. The summed E-state index contributed by atoms with van der Waals surface area (Å²) in [5.74, 6) is 0.137. The molecule has 0 atom stereocenters. The molecule has 0 unspecified atom stereocenters. The topological polar surface area (TPSA) is 43.1 Å². The fraction of sp³-hybridized carbons (Fsp3) is 0.571. The van der Waals surface area contributed by atoms with Gasteiger partial charge < -0.3 is 5.73 Å². The van der Waals surface area contributed by atoms with Gasteiger partial charge >= 0.3 is 0 Å². The van der Waals surface area contributed by atoms with E-state index in [0.717, 1.165) is 12.8 Å². The Balaban J connectivity index is 2.42. The molecule has 9 heavy (non-hydrogen) atoms. The lowest BCUT2D eigenvalue weighted by Crippen LogP contribution is -2.32. The molecule has 0 bridgehead atoms. The van der Waals surface area contributed by atoms with Crippen LogP contribution in [0.25, 0.3) is 0 Å². The number of nitrogens with two attached hydrogens (primary N) is 1. The number of hydrogen-bond acceptors (Lipinski definition) is 2. The highest BCUT2D eigenvalue weighted by Crippen LogP contribution is 2.33. The van der Waals surface area contributed by atoms with Crippen LogP contribution in [0, 0.1) is 0 Å². The molecule has 50 valence electrons. The van der Waals surface area contributed by atoms with Crippen molar-refractivity contribution in [2.24, 2.45) is 5.73 Å². The molecule has 2 N–H and O–H groups in total. The molecule has 1 fully saturated rings. The monoisotopic (exact) mass is 125 g/mol. The Labute approximate surface area is 54.7 Å². The van der Waals surface area contributed by atoms with Gasteiger partial charge in [-0.1, -0.05) is 6.08 Å². The van der Waals surface area contributed by atoms with Gasteiger partial charge in [-0.25, -0.2) is 0 Å². The second-order valence-corrected chi connectivity index (χ2v) is 2.57. The van der Waals surface area contributed by atoms with E-state index in [2.05, 4.69) is 6.58 Å². The molecule has 2 nitrogen and oxygen atoms in total. The van der Waals surface area contributed by atoms with Crippen molar-refractivity contribution in [2.75, 3.05) is 0 Å². The number of rotatable bonds is 3. The number of allylic oxidation sites excluding steroid dienone is 1. The highest BCUT2D eigenvalue weighted by Gasteiger charge is 2.44. The molecule has 0 radical (unpaired) electrons. The number of ketones is 1. The Bertz CT molecular complexity index is 147. The van der Waals surface area contributed by atoms with Crippen LogP contribution in [0.3, 0.4) is 0 Å². The smallest absolute Gasteiger partial charge is 0.156 e. The van der Waals surface area contributed by atoms with Gasteiger partial charge in [0.25, 0.3) is 0 Å². The molecule has 0 saturated heterocycles. The first-order valence-corrected chi connectivity index (χ1v) is 3.12. The Morgan fingerprint density at radius 3 is 2.67 bits per heavy atom. The minimum atomic E-state index is -0.450. The molecule has 0 amide bonds. The van der Waals surface area contributed by atoms with Gasteiger partial charge in [0.05, 0.1) is 5.54 Å². The third-order valence-corrected chi connectivity index (χ3v) is 1.67. The van der Waals surface area contributed by atoms with Gasteiger partial charge in [-0.05, 0) is 12.8 Å². The molecule has 0 aromatic rings. The lowest BCUT2D eigenvalue weighted by atomic mass is 10.1. The van der Waals surface area contributed by atoms with Crippen LogP contribution in [0.5, 0.6) is 0 Å². The first-order valence-electron chi connectivity index (χ1n) is 3.12. The quantitative estimate of drug-likeness (QED) is 0.562. The third-order valence-electron chi connectivity index (χ3n) is 1.67. The number of Topliss-reactive ketones (excluding diaryl/α,β-unsaturated/α-hetero) is 1. The second-order valence-electron chi connectivity index (χ2n) is 2.57. The minimum Gasteiger partial charge on any atom is -0.319 e.